The van der Waals surface area contributed by atoms with E-state index >= 15 is 0 Å². The van der Waals surface area contributed by atoms with Gasteiger partial charge in [-0.3, -0.25) is 4.79 Å². The Kier molecular flexibility index (Phi) is 7.83. The second kappa shape index (κ2) is 10.3. The number of anilines is 1. The maximum absolute atomic E-state index is 12.1. The summed E-state index contributed by atoms with van der Waals surface area (Å²) < 4.78 is 15.8. The number of allylic oxidation sites excluding steroid dienone is 1. The van der Waals surface area contributed by atoms with E-state index in [-0.39, 0.29) is 6.61 Å². The van der Waals surface area contributed by atoms with Crippen molar-refractivity contribution >= 4 is 35.4 Å². The van der Waals surface area contributed by atoms with E-state index in [1.165, 1.54) is 20.2 Å². The van der Waals surface area contributed by atoms with Crippen LogP contribution in [0.4, 0.5) is 5.82 Å². The average Bonchev–Trinajstić information content (AvgIpc) is 2.68. The van der Waals surface area contributed by atoms with Crippen LogP contribution in [0.15, 0.2) is 42.6 Å². The molecule has 0 aliphatic heterocycles. The van der Waals surface area contributed by atoms with Gasteiger partial charge < -0.3 is 19.5 Å². The number of carbonyl (C=O) groups excluding carboxylic acids is 2. The Morgan fingerprint density at radius 3 is 2.68 bits per heavy atom. The number of hydrogen-bond donors (Lipinski definition) is 1. The summed E-state index contributed by atoms with van der Waals surface area (Å²) in [6, 6.07) is 8.45. The van der Waals surface area contributed by atoms with Gasteiger partial charge in [-0.15, -0.1) is 0 Å². The smallest absolute Gasteiger partial charge is 0.344 e. The van der Waals surface area contributed by atoms with Crippen molar-refractivity contribution in [2.45, 2.75) is 20.0 Å². The molecule has 1 aromatic heterocycles. The van der Waals surface area contributed by atoms with E-state index in [1.54, 1.807) is 24.3 Å². The van der Waals surface area contributed by atoms with Crippen LogP contribution < -0.4 is 14.8 Å². The first-order valence-corrected chi connectivity index (χ1v) is 8.86. The van der Waals surface area contributed by atoms with Crippen LogP contribution in [-0.4, -0.2) is 36.7 Å². The number of halogens is 1. The molecule has 2 rings (SSSR count). The molecule has 1 unspecified atom stereocenters. The van der Waals surface area contributed by atoms with Gasteiger partial charge >= 0.3 is 5.97 Å². The highest BCUT2D eigenvalue weighted by atomic mass is 35.5. The monoisotopic (exact) mass is 404 g/mol. The Morgan fingerprint density at radius 2 is 2.04 bits per heavy atom. The van der Waals surface area contributed by atoms with E-state index in [4.69, 9.17) is 25.8 Å². The molecule has 1 amide bonds. The summed E-state index contributed by atoms with van der Waals surface area (Å²) in [5.41, 5.74) is 0.940. The highest BCUT2D eigenvalue weighted by Crippen LogP contribution is 2.28. The topological polar surface area (TPSA) is 86.8 Å². The van der Waals surface area contributed by atoms with Crippen molar-refractivity contribution < 1.29 is 23.8 Å². The third-order valence-electron chi connectivity index (χ3n) is 3.55. The van der Waals surface area contributed by atoms with Crippen LogP contribution in [-0.2, 0) is 14.3 Å². The number of ether oxygens (including phenoxy) is 3. The number of aromatic nitrogens is 1. The molecule has 1 aromatic carbocycles. The van der Waals surface area contributed by atoms with Crippen molar-refractivity contribution in [2.24, 2.45) is 0 Å². The molecule has 28 heavy (non-hydrogen) atoms. The summed E-state index contributed by atoms with van der Waals surface area (Å²) in [6.45, 7) is 3.00. The number of carbonyl (C=O) groups is 2. The van der Waals surface area contributed by atoms with Crippen molar-refractivity contribution in [3.8, 4) is 11.5 Å². The fraction of sp³-hybridized carbons (Fsp3) is 0.250. The minimum Gasteiger partial charge on any atom is -0.493 e. The summed E-state index contributed by atoms with van der Waals surface area (Å²) in [4.78, 5) is 28.0. The minimum atomic E-state index is -1.02. The quantitative estimate of drug-likeness (QED) is 0.674. The molecule has 7 nitrogen and oxygen atoms in total. The van der Waals surface area contributed by atoms with Gasteiger partial charge in [0, 0.05) is 6.20 Å². The zero-order valence-electron chi connectivity index (χ0n) is 15.8. The number of amides is 1. The highest BCUT2D eigenvalue weighted by Gasteiger charge is 2.19. The number of nitrogens with one attached hydrogen (secondary N) is 1. The zero-order chi connectivity index (χ0) is 20.5. The molecule has 0 radical (unpaired) electrons. The average molecular weight is 405 g/mol. The van der Waals surface area contributed by atoms with Gasteiger partial charge in [0.05, 0.1) is 12.1 Å². The van der Waals surface area contributed by atoms with Crippen LogP contribution in [0, 0.1) is 0 Å². The Hall–Kier alpha value is -3.06. The number of pyridine rings is 1. The van der Waals surface area contributed by atoms with Crippen molar-refractivity contribution in [2.75, 3.05) is 19.0 Å². The lowest BCUT2D eigenvalue weighted by molar-refractivity contribution is -0.155. The lowest BCUT2D eigenvalue weighted by atomic mass is 10.2. The molecule has 2 aromatic rings. The molecule has 8 heteroatoms. The standard InChI is InChI=1S/C20H21ClN2O5/c1-4-5-14-6-8-16(17(10-14)26-3)27-12-19(24)28-13(2)20(25)23-18-9-7-15(21)11-22-18/h4-11,13H,12H2,1-3H3,(H,22,23,25)/b5-4+. The first-order chi connectivity index (χ1) is 13.4. The van der Waals surface area contributed by atoms with E-state index in [0.29, 0.717) is 22.3 Å². The molecule has 1 N–H and O–H groups in total. The van der Waals surface area contributed by atoms with Gasteiger partial charge in [-0.25, -0.2) is 9.78 Å². The Bertz CT molecular complexity index is 852. The maximum Gasteiger partial charge on any atom is 0.344 e. The SMILES string of the molecule is C/C=C/c1ccc(OCC(=O)OC(C)C(=O)Nc2ccc(Cl)cn2)c(OC)c1. The van der Waals surface area contributed by atoms with E-state index in [2.05, 4.69) is 10.3 Å². The third-order valence-corrected chi connectivity index (χ3v) is 3.77. The maximum atomic E-state index is 12.1. The number of nitrogens with zero attached hydrogens (tertiary/aromatic N) is 1. The molecule has 0 aliphatic rings. The van der Waals surface area contributed by atoms with Gasteiger partial charge in [0.25, 0.3) is 5.91 Å². The fourth-order valence-corrected chi connectivity index (χ4v) is 2.31. The highest BCUT2D eigenvalue weighted by molar-refractivity contribution is 6.30. The van der Waals surface area contributed by atoms with Gasteiger partial charge in [0.1, 0.15) is 5.82 Å². The largest absolute Gasteiger partial charge is 0.493 e. The summed E-state index contributed by atoms with van der Waals surface area (Å²) in [6.07, 6.45) is 4.19. The molecule has 0 saturated heterocycles. The van der Waals surface area contributed by atoms with Gasteiger partial charge in [0.2, 0.25) is 0 Å². The van der Waals surface area contributed by atoms with Gasteiger partial charge in [0.15, 0.2) is 24.2 Å². The molecule has 0 saturated carbocycles. The molecule has 0 aliphatic carbocycles. The Labute approximate surface area is 168 Å². The van der Waals surface area contributed by atoms with Crippen LogP contribution in [0.5, 0.6) is 11.5 Å². The predicted octanol–water partition coefficient (Wildman–Crippen LogP) is 3.73. The van der Waals surface area contributed by atoms with E-state index in [0.717, 1.165) is 5.56 Å². The second-order valence-electron chi connectivity index (χ2n) is 5.68. The lowest BCUT2D eigenvalue weighted by Gasteiger charge is -2.14. The van der Waals surface area contributed by atoms with Crippen molar-refractivity contribution in [3.63, 3.8) is 0 Å². The van der Waals surface area contributed by atoms with Gasteiger partial charge in [-0.05, 0) is 43.7 Å². The Morgan fingerprint density at radius 1 is 1.25 bits per heavy atom. The number of hydrogen-bond acceptors (Lipinski definition) is 6. The van der Waals surface area contributed by atoms with E-state index < -0.39 is 18.0 Å². The van der Waals surface area contributed by atoms with Crippen LogP contribution in [0.1, 0.15) is 19.4 Å². The first kappa shape index (κ1) is 21.2. The number of rotatable bonds is 8. The summed E-state index contributed by atoms with van der Waals surface area (Å²) in [7, 11) is 1.51. The molecular weight excluding hydrogens is 384 g/mol. The van der Waals surface area contributed by atoms with Crippen LogP contribution in [0.3, 0.4) is 0 Å². The lowest BCUT2D eigenvalue weighted by Crippen LogP contribution is -2.31. The molecule has 1 heterocycles. The number of methoxy groups -OCH3 is 1. The summed E-state index contributed by atoms with van der Waals surface area (Å²) in [5.74, 6) is -0.0135. The third kappa shape index (κ3) is 6.28. The summed E-state index contributed by atoms with van der Waals surface area (Å²) in [5, 5.41) is 2.98. The van der Waals surface area contributed by atoms with Gasteiger partial charge in [-0.1, -0.05) is 29.8 Å². The van der Waals surface area contributed by atoms with Crippen molar-refractivity contribution in [3.05, 3.63) is 53.2 Å². The van der Waals surface area contributed by atoms with Crippen LogP contribution >= 0.6 is 11.6 Å². The fourth-order valence-electron chi connectivity index (χ4n) is 2.20. The number of benzene rings is 1. The molecule has 0 fully saturated rings. The van der Waals surface area contributed by atoms with E-state index in [9.17, 15) is 9.59 Å². The normalized spacial score (nSPS) is 11.7. The summed E-state index contributed by atoms with van der Waals surface area (Å²) >= 11 is 5.74. The molecule has 0 spiro atoms. The Balaban J connectivity index is 1.87. The molecular formula is C20H21ClN2O5. The van der Waals surface area contributed by atoms with Gasteiger partial charge in [-0.2, -0.15) is 0 Å². The van der Waals surface area contributed by atoms with E-state index in [1.807, 2.05) is 25.1 Å². The first-order valence-electron chi connectivity index (χ1n) is 8.48. The van der Waals surface area contributed by atoms with Crippen LogP contribution in [0.25, 0.3) is 6.08 Å². The van der Waals surface area contributed by atoms with Crippen molar-refractivity contribution in [1.29, 1.82) is 0 Å². The van der Waals surface area contributed by atoms with Crippen molar-refractivity contribution in [1.82, 2.24) is 4.98 Å². The number of esters is 1. The minimum absolute atomic E-state index is 0.305. The second-order valence-corrected chi connectivity index (χ2v) is 6.12. The van der Waals surface area contributed by atoms with Crippen LogP contribution in [0.2, 0.25) is 5.02 Å². The molecule has 0 bridgehead atoms. The zero-order valence-corrected chi connectivity index (χ0v) is 16.5. The predicted molar refractivity (Wildman–Crippen MR) is 107 cm³/mol. The molecule has 148 valence electrons. The molecule has 1 atom stereocenters.